The smallest absolute Gasteiger partial charge is 0.107 e. The van der Waals surface area contributed by atoms with E-state index in [2.05, 4.69) is 69.3 Å². The van der Waals surface area contributed by atoms with Gasteiger partial charge in [0.15, 0.2) is 0 Å². The second kappa shape index (κ2) is 8.64. The summed E-state index contributed by atoms with van der Waals surface area (Å²) in [5, 5.41) is 11.5. The number of hydrogen-bond acceptors (Lipinski definition) is 4. The second-order valence-electron chi connectivity index (χ2n) is 9.58. The number of anilines is 1. The van der Waals surface area contributed by atoms with Crippen molar-refractivity contribution >= 4 is 16.7 Å². The van der Waals surface area contributed by atoms with Crippen LogP contribution in [0.15, 0.2) is 54.6 Å². The molecular weight excluding hydrogens is 384 g/mol. The van der Waals surface area contributed by atoms with Crippen LogP contribution in [0.3, 0.4) is 0 Å². The molecule has 5 heteroatoms. The van der Waals surface area contributed by atoms with Gasteiger partial charge in [-0.25, -0.2) is 4.98 Å². The number of piperidine rings is 2. The molecule has 1 saturated carbocycles. The summed E-state index contributed by atoms with van der Waals surface area (Å²) in [4.78, 5) is 13.0. The summed E-state index contributed by atoms with van der Waals surface area (Å²) in [6, 6.07) is 19.4. The van der Waals surface area contributed by atoms with Crippen LogP contribution in [-0.4, -0.2) is 58.3 Å². The molecule has 2 aromatic carbocycles. The highest BCUT2D eigenvalue weighted by Crippen LogP contribution is 2.45. The number of imidazole rings is 1. The SMILES string of the molecule is CN(CCCc1nc2ccccc2[nH]1)CC[C@@]1(O)C[C@@H]2CC[C@H]1CN2c1ccccc1. The van der Waals surface area contributed by atoms with Gasteiger partial charge in [-0.2, -0.15) is 0 Å². The van der Waals surface area contributed by atoms with Crippen molar-refractivity contribution in [1.29, 1.82) is 0 Å². The Morgan fingerprint density at radius 3 is 2.68 bits per heavy atom. The zero-order valence-corrected chi connectivity index (χ0v) is 18.5. The average Bonchev–Trinajstić information content (AvgIpc) is 3.21. The van der Waals surface area contributed by atoms with Crippen molar-refractivity contribution in [2.75, 3.05) is 31.6 Å². The fraction of sp³-hybridized carbons (Fsp3) is 0.500. The van der Waals surface area contributed by atoms with Gasteiger partial charge in [0.2, 0.25) is 0 Å². The highest BCUT2D eigenvalue weighted by molar-refractivity contribution is 5.74. The van der Waals surface area contributed by atoms with Crippen LogP contribution in [0.4, 0.5) is 5.69 Å². The Kier molecular flexibility index (Phi) is 5.72. The molecule has 3 heterocycles. The first kappa shape index (κ1) is 20.5. The summed E-state index contributed by atoms with van der Waals surface area (Å²) in [6.45, 7) is 2.96. The molecule has 2 N–H and O–H groups in total. The number of benzene rings is 2. The standard InChI is InChI=1S/C26H34N4O/c1-29(16-7-12-25-27-23-10-5-6-11-24(23)28-25)17-15-26(31)18-22-14-13-20(26)19-30(22)21-8-3-2-4-9-21/h2-6,8-11,20,22,31H,7,12-19H2,1H3,(H,27,28)/t20-,22-,26+/m0/s1. The van der Waals surface area contributed by atoms with Crippen molar-refractivity contribution in [2.24, 2.45) is 5.92 Å². The van der Waals surface area contributed by atoms with E-state index >= 15 is 0 Å². The van der Waals surface area contributed by atoms with Gasteiger partial charge in [-0.3, -0.25) is 0 Å². The van der Waals surface area contributed by atoms with E-state index in [1.54, 1.807) is 0 Å². The Labute approximate surface area is 185 Å². The molecule has 5 nitrogen and oxygen atoms in total. The van der Waals surface area contributed by atoms with Gasteiger partial charge >= 0.3 is 0 Å². The van der Waals surface area contributed by atoms with Gasteiger partial charge in [-0.15, -0.1) is 0 Å². The molecule has 3 aromatic rings. The largest absolute Gasteiger partial charge is 0.389 e. The van der Waals surface area contributed by atoms with Crippen LogP contribution in [0.2, 0.25) is 0 Å². The number of aryl methyl sites for hydroxylation is 1. The molecular formula is C26H34N4O. The molecule has 6 rings (SSSR count). The Morgan fingerprint density at radius 1 is 1.10 bits per heavy atom. The van der Waals surface area contributed by atoms with E-state index in [4.69, 9.17) is 0 Å². The summed E-state index contributed by atoms with van der Waals surface area (Å²) in [6.07, 6.45) is 6.16. The lowest BCUT2D eigenvalue weighted by Crippen LogP contribution is -2.61. The van der Waals surface area contributed by atoms with Gasteiger partial charge in [-0.1, -0.05) is 30.3 Å². The third-order valence-corrected chi connectivity index (χ3v) is 7.46. The molecule has 164 valence electrons. The van der Waals surface area contributed by atoms with Crippen molar-refractivity contribution in [3.05, 3.63) is 60.4 Å². The maximum Gasteiger partial charge on any atom is 0.107 e. The van der Waals surface area contributed by atoms with Gasteiger partial charge in [0.25, 0.3) is 0 Å². The summed E-state index contributed by atoms with van der Waals surface area (Å²) in [5.74, 6) is 1.44. The molecule has 2 aliphatic heterocycles. The maximum absolute atomic E-state index is 11.5. The highest BCUT2D eigenvalue weighted by Gasteiger charge is 2.49. The fourth-order valence-corrected chi connectivity index (χ4v) is 5.63. The Hall–Kier alpha value is -2.37. The van der Waals surface area contributed by atoms with Gasteiger partial charge in [0, 0.05) is 37.2 Å². The van der Waals surface area contributed by atoms with Crippen molar-refractivity contribution in [1.82, 2.24) is 14.9 Å². The zero-order chi connectivity index (χ0) is 21.3. The molecule has 0 radical (unpaired) electrons. The van der Waals surface area contributed by atoms with Gasteiger partial charge in [0.05, 0.1) is 16.6 Å². The number of rotatable bonds is 8. The number of para-hydroxylation sites is 3. The molecule has 3 atom stereocenters. The lowest BCUT2D eigenvalue weighted by molar-refractivity contribution is -0.0805. The quantitative estimate of drug-likeness (QED) is 0.575. The van der Waals surface area contributed by atoms with E-state index in [0.717, 1.165) is 68.6 Å². The van der Waals surface area contributed by atoms with Crippen molar-refractivity contribution in [3.8, 4) is 0 Å². The Balaban J connectivity index is 1.10. The van der Waals surface area contributed by atoms with Crippen LogP contribution >= 0.6 is 0 Å². The van der Waals surface area contributed by atoms with E-state index in [0.29, 0.717) is 12.0 Å². The fourth-order valence-electron chi connectivity index (χ4n) is 5.63. The third kappa shape index (κ3) is 4.35. The van der Waals surface area contributed by atoms with E-state index in [-0.39, 0.29) is 0 Å². The van der Waals surface area contributed by atoms with Gasteiger partial charge < -0.3 is 19.9 Å². The first-order valence-corrected chi connectivity index (χ1v) is 11.8. The van der Waals surface area contributed by atoms with Gasteiger partial charge in [-0.05, 0) is 70.0 Å². The third-order valence-electron chi connectivity index (χ3n) is 7.46. The van der Waals surface area contributed by atoms with Crippen LogP contribution in [0.5, 0.6) is 0 Å². The topological polar surface area (TPSA) is 55.4 Å². The predicted molar refractivity (Wildman–Crippen MR) is 126 cm³/mol. The normalized spacial score (nSPS) is 25.6. The van der Waals surface area contributed by atoms with Crippen molar-refractivity contribution < 1.29 is 5.11 Å². The van der Waals surface area contributed by atoms with Crippen LogP contribution in [0.25, 0.3) is 11.0 Å². The molecule has 1 aliphatic carbocycles. The summed E-state index contributed by atoms with van der Waals surface area (Å²) >= 11 is 0. The number of aromatic nitrogens is 2. The molecule has 0 spiro atoms. The zero-order valence-electron chi connectivity index (χ0n) is 18.5. The summed E-state index contributed by atoms with van der Waals surface area (Å²) in [7, 11) is 2.18. The van der Waals surface area contributed by atoms with Crippen LogP contribution < -0.4 is 4.90 Å². The lowest BCUT2D eigenvalue weighted by Gasteiger charge is -2.55. The first-order chi connectivity index (χ1) is 15.1. The van der Waals surface area contributed by atoms with Gasteiger partial charge in [0.1, 0.15) is 5.82 Å². The number of nitrogens with one attached hydrogen (secondary N) is 1. The number of hydrogen-bond donors (Lipinski definition) is 2. The molecule has 3 aliphatic rings. The lowest BCUT2D eigenvalue weighted by atomic mass is 9.67. The van der Waals surface area contributed by atoms with Crippen molar-refractivity contribution in [3.63, 3.8) is 0 Å². The number of nitrogens with zero attached hydrogens (tertiary/aromatic N) is 3. The summed E-state index contributed by atoms with van der Waals surface area (Å²) < 4.78 is 0. The molecule has 1 aromatic heterocycles. The highest BCUT2D eigenvalue weighted by atomic mass is 16.3. The number of H-pyrrole nitrogens is 1. The molecule has 3 fully saturated rings. The molecule has 2 saturated heterocycles. The van der Waals surface area contributed by atoms with E-state index < -0.39 is 5.60 Å². The monoisotopic (exact) mass is 418 g/mol. The minimum Gasteiger partial charge on any atom is -0.389 e. The molecule has 0 amide bonds. The second-order valence-corrected chi connectivity index (χ2v) is 9.58. The predicted octanol–water partition coefficient (Wildman–Crippen LogP) is 4.24. The number of aliphatic hydroxyl groups is 1. The Morgan fingerprint density at radius 2 is 1.90 bits per heavy atom. The maximum atomic E-state index is 11.5. The minimum atomic E-state index is -0.513. The van der Waals surface area contributed by atoms with Crippen LogP contribution in [-0.2, 0) is 6.42 Å². The minimum absolute atomic E-state index is 0.377. The van der Waals surface area contributed by atoms with Crippen LogP contribution in [0, 0.1) is 5.92 Å². The Bertz CT molecular complexity index is 970. The van der Waals surface area contributed by atoms with E-state index in [1.807, 2.05) is 12.1 Å². The summed E-state index contributed by atoms with van der Waals surface area (Å²) in [5.41, 5.74) is 2.96. The molecule has 0 unspecified atom stereocenters. The van der Waals surface area contributed by atoms with Crippen molar-refractivity contribution in [2.45, 2.75) is 50.2 Å². The van der Waals surface area contributed by atoms with E-state index in [1.165, 1.54) is 12.1 Å². The van der Waals surface area contributed by atoms with Crippen LogP contribution in [0.1, 0.15) is 37.9 Å². The first-order valence-electron chi connectivity index (χ1n) is 11.8. The number of aromatic amines is 1. The van der Waals surface area contributed by atoms with E-state index in [9.17, 15) is 5.11 Å². The molecule has 31 heavy (non-hydrogen) atoms. The molecule has 2 bridgehead atoms. The number of fused-ring (bicyclic) bond motifs is 4. The average molecular weight is 419 g/mol.